The smallest absolute Gasteiger partial charge is 0.338 e. The molecule has 0 saturated heterocycles. The number of ether oxygens (including phenoxy) is 1. The third kappa shape index (κ3) is 3.57. The lowest BCUT2D eigenvalue weighted by molar-refractivity contribution is -0.135. The van der Waals surface area contributed by atoms with E-state index in [1.807, 2.05) is 12.1 Å². The van der Waals surface area contributed by atoms with Crippen molar-refractivity contribution in [1.29, 1.82) is 0 Å². The van der Waals surface area contributed by atoms with Gasteiger partial charge in [0.15, 0.2) is 6.61 Å². The third-order valence-corrected chi connectivity index (χ3v) is 5.88. The van der Waals surface area contributed by atoms with Crippen LogP contribution >= 0.6 is 11.3 Å². The van der Waals surface area contributed by atoms with Gasteiger partial charge in [0.1, 0.15) is 0 Å². The van der Waals surface area contributed by atoms with Gasteiger partial charge in [-0.1, -0.05) is 24.3 Å². The number of hydrogen-bond acceptors (Lipinski definition) is 5. The van der Waals surface area contributed by atoms with Crippen LogP contribution in [0.15, 0.2) is 48.0 Å². The predicted molar refractivity (Wildman–Crippen MR) is 105 cm³/mol. The van der Waals surface area contributed by atoms with Crippen LogP contribution in [0, 0.1) is 0 Å². The molecule has 138 valence electrons. The first-order chi connectivity index (χ1) is 13.1. The second-order valence-electron chi connectivity index (χ2n) is 6.72. The molecule has 5 nitrogen and oxygen atoms in total. The minimum Gasteiger partial charge on any atom is -0.452 e. The molecule has 1 amide bonds. The molecule has 6 heteroatoms. The van der Waals surface area contributed by atoms with Gasteiger partial charge in [-0.3, -0.25) is 4.79 Å². The van der Waals surface area contributed by atoms with Gasteiger partial charge >= 0.3 is 5.97 Å². The Bertz CT molecular complexity index is 998. The van der Waals surface area contributed by atoms with Crippen LogP contribution in [-0.4, -0.2) is 35.4 Å². The van der Waals surface area contributed by atoms with Gasteiger partial charge in [-0.2, -0.15) is 0 Å². The molecule has 0 N–H and O–H groups in total. The van der Waals surface area contributed by atoms with Crippen molar-refractivity contribution in [3.05, 3.63) is 64.7 Å². The maximum Gasteiger partial charge on any atom is 0.338 e. The number of likely N-dealkylation sites (N-methyl/N-ethyl adjacent to an activating group) is 1. The summed E-state index contributed by atoms with van der Waals surface area (Å²) in [5.41, 5.74) is 5.51. The van der Waals surface area contributed by atoms with Crippen molar-refractivity contribution in [3.8, 4) is 0 Å². The van der Waals surface area contributed by atoms with Crippen molar-refractivity contribution in [3.63, 3.8) is 0 Å². The zero-order chi connectivity index (χ0) is 18.8. The molecule has 1 heterocycles. The summed E-state index contributed by atoms with van der Waals surface area (Å²) in [6.07, 6.45) is 3.02. The average Bonchev–Trinajstić information content (AvgIpc) is 3.18. The van der Waals surface area contributed by atoms with Crippen molar-refractivity contribution >= 4 is 33.4 Å². The SMILES string of the molecule is CN(C(=O)COC(=O)c1ccc2ncsc2c1)[C@H]1CCCc2ccccc21. The minimum absolute atomic E-state index is 0.0368. The van der Waals surface area contributed by atoms with E-state index in [9.17, 15) is 9.59 Å². The van der Waals surface area contributed by atoms with E-state index in [4.69, 9.17) is 4.74 Å². The molecular weight excluding hydrogens is 360 g/mol. The van der Waals surface area contributed by atoms with E-state index in [2.05, 4.69) is 17.1 Å². The van der Waals surface area contributed by atoms with E-state index < -0.39 is 5.97 Å². The lowest BCUT2D eigenvalue weighted by Crippen LogP contribution is -2.36. The average molecular weight is 380 g/mol. The van der Waals surface area contributed by atoms with Gasteiger partial charge in [-0.05, 0) is 48.6 Å². The molecule has 4 rings (SSSR count). The standard InChI is InChI=1S/C21H20N2O3S/c1-23(18-8-4-6-14-5-2-3-7-16(14)18)20(24)12-26-21(25)15-9-10-17-19(11-15)27-13-22-17/h2-3,5,7,9-11,13,18H,4,6,8,12H2,1H3/t18-/m0/s1. The van der Waals surface area contributed by atoms with E-state index in [0.29, 0.717) is 5.56 Å². The summed E-state index contributed by atoms with van der Waals surface area (Å²) in [6, 6.07) is 13.5. The number of rotatable bonds is 4. The number of nitrogens with zero attached hydrogens (tertiary/aromatic N) is 2. The molecule has 0 aliphatic heterocycles. The molecule has 3 aromatic rings. The number of benzene rings is 2. The van der Waals surface area contributed by atoms with Crippen LogP contribution in [-0.2, 0) is 16.0 Å². The maximum absolute atomic E-state index is 12.6. The number of aryl methyl sites for hydroxylation is 1. The highest BCUT2D eigenvalue weighted by Crippen LogP contribution is 2.33. The first kappa shape index (κ1) is 17.7. The molecule has 0 fully saturated rings. The lowest BCUT2D eigenvalue weighted by Gasteiger charge is -2.33. The Labute approximate surface area is 161 Å². The largest absolute Gasteiger partial charge is 0.452 e. The van der Waals surface area contributed by atoms with Gasteiger partial charge in [0, 0.05) is 7.05 Å². The van der Waals surface area contributed by atoms with Crippen molar-refractivity contribution in [1.82, 2.24) is 9.88 Å². The van der Waals surface area contributed by atoms with E-state index in [1.54, 1.807) is 35.7 Å². The summed E-state index contributed by atoms with van der Waals surface area (Å²) in [5, 5.41) is 0. The molecule has 1 aliphatic carbocycles. The van der Waals surface area contributed by atoms with Crippen LogP contribution in [0.2, 0.25) is 0 Å². The maximum atomic E-state index is 12.6. The van der Waals surface area contributed by atoms with Crippen molar-refractivity contribution in [2.75, 3.05) is 13.7 Å². The molecule has 1 aromatic heterocycles. The summed E-state index contributed by atoms with van der Waals surface area (Å²) < 4.78 is 6.19. The Hall–Kier alpha value is -2.73. The molecule has 0 spiro atoms. The number of carbonyl (C=O) groups excluding carboxylic acids is 2. The van der Waals surface area contributed by atoms with Crippen LogP contribution in [0.5, 0.6) is 0 Å². The number of esters is 1. The second kappa shape index (κ2) is 7.48. The highest BCUT2D eigenvalue weighted by Gasteiger charge is 2.27. The van der Waals surface area contributed by atoms with Crippen LogP contribution in [0.3, 0.4) is 0 Å². The summed E-state index contributed by atoms with van der Waals surface area (Å²) >= 11 is 1.47. The topological polar surface area (TPSA) is 59.5 Å². The fourth-order valence-corrected chi connectivity index (χ4v) is 4.32. The Kier molecular flexibility index (Phi) is 4.90. The summed E-state index contributed by atoms with van der Waals surface area (Å²) in [4.78, 5) is 30.8. The predicted octanol–water partition coefficient (Wildman–Crippen LogP) is 3.99. The molecule has 0 saturated carbocycles. The summed E-state index contributed by atoms with van der Waals surface area (Å²) in [5.74, 6) is -0.681. The molecule has 1 aliphatic rings. The molecule has 2 aromatic carbocycles. The van der Waals surface area contributed by atoms with E-state index in [0.717, 1.165) is 29.5 Å². The number of fused-ring (bicyclic) bond motifs is 2. The van der Waals surface area contributed by atoms with Crippen molar-refractivity contribution in [2.45, 2.75) is 25.3 Å². The van der Waals surface area contributed by atoms with Gasteiger partial charge in [-0.25, -0.2) is 9.78 Å². The van der Waals surface area contributed by atoms with Crippen molar-refractivity contribution < 1.29 is 14.3 Å². The molecule has 0 bridgehead atoms. The Morgan fingerprint density at radius 2 is 2.11 bits per heavy atom. The number of hydrogen-bond donors (Lipinski definition) is 0. The normalized spacial score (nSPS) is 16.0. The zero-order valence-electron chi connectivity index (χ0n) is 15.1. The minimum atomic E-state index is -0.490. The summed E-state index contributed by atoms with van der Waals surface area (Å²) in [6.45, 7) is -0.255. The van der Waals surface area contributed by atoms with Crippen LogP contribution in [0.1, 0.15) is 40.4 Å². The fraction of sp³-hybridized carbons (Fsp3) is 0.286. The second-order valence-corrected chi connectivity index (χ2v) is 7.61. The highest BCUT2D eigenvalue weighted by molar-refractivity contribution is 7.16. The van der Waals surface area contributed by atoms with Gasteiger partial charge in [0.05, 0.1) is 27.3 Å². The molecule has 27 heavy (non-hydrogen) atoms. The lowest BCUT2D eigenvalue weighted by atomic mass is 9.87. The molecule has 0 unspecified atom stereocenters. The van der Waals surface area contributed by atoms with Gasteiger partial charge in [-0.15, -0.1) is 11.3 Å². The Balaban J connectivity index is 1.41. The summed E-state index contributed by atoms with van der Waals surface area (Å²) in [7, 11) is 1.78. The fourth-order valence-electron chi connectivity index (χ4n) is 3.60. The molecule has 1 atom stereocenters. The van der Waals surface area contributed by atoms with E-state index in [1.165, 1.54) is 22.5 Å². The number of aromatic nitrogens is 1. The quantitative estimate of drug-likeness (QED) is 0.642. The van der Waals surface area contributed by atoms with Crippen LogP contribution in [0.4, 0.5) is 0 Å². The van der Waals surface area contributed by atoms with Gasteiger partial charge in [0.2, 0.25) is 0 Å². The van der Waals surface area contributed by atoms with E-state index in [-0.39, 0.29) is 18.6 Å². The Morgan fingerprint density at radius 3 is 3.00 bits per heavy atom. The van der Waals surface area contributed by atoms with Crippen LogP contribution < -0.4 is 0 Å². The van der Waals surface area contributed by atoms with Gasteiger partial charge in [0.25, 0.3) is 5.91 Å². The van der Waals surface area contributed by atoms with Crippen LogP contribution in [0.25, 0.3) is 10.2 Å². The monoisotopic (exact) mass is 380 g/mol. The number of carbonyl (C=O) groups is 2. The molecule has 0 radical (unpaired) electrons. The first-order valence-electron chi connectivity index (χ1n) is 8.97. The van der Waals surface area contributed by atoms with Crippen molar-refractivity contribution in [2.24, 2.45) is 0 Å². The number of amides is 1. The Morgan fingerprint density at radius 1 is 1.26 bits per heavy atom. The third-order valence-electron chi connectivity index (χ3n) is 5.09. The van der Waals surface area contributed by atoms with Gasteiger partial charge < -0.3 is 9.64 Å². The van der Waals surface area contributed by atoms with E-state index >= 15 is 0 Å². The number of thiazole rings is 1. The molecular formula is C21H20N2O3S. The highest BCUT2D eigenvalue weighted by atomic mass is 32.1. The first-order valence-corrected chi connectivity index (χ1v) is 9.85. The zero-order valence-corrected chi connectivity index (χ0v) is 15.9.